The number of benzene rings is 1. The van der Waals surface area contributed by atoms with Gasteiger partial charge in [0.25, 0.3) is 0 Å². The fourth-order valence-electron chi connectivity index (χ4n) is 2.76. The smallest absolute Gasteiger partial charge is 0.416 e. The van der Waals surface area contributed by atoms with Gasteiger partial charge in [-0.15, -0.1) is 11.6 Å². The number of rotatable bonds is 6. The number of carbonyl (C=O) groups excluding carboxylic acids is 1. The highest BCUT2D eigenvalue weighted by molar-refractivity contribution is 6.27. The van der Waals surface area contributed by atoms with Gasteiger partial charge in [0.15, 0.2) is 0 Å². The molecule has 1 aromatic carbocycles. The zero-order chi connectivity index (χ0) is 17.9. The van der Waals surface area contributed by atoms with Crippen molar-refractivity contribution >= 4 is 23.5 Å². The number of halogens is 4. The van der Waals surface area contributed by atoms with Gasteiger partial charge in [-0.05, 0) is 36.5 Å². The van der Waals surface area contributed by atoms with E-state index in [9.17, 15) is 27.9 Å². The number of nitrogens with zero attached hydrogens (tertiary/aromatic N) is 1. The maximum atomic E-state index is 12.6. The van der Waals surface area contributed by atoms with E-state index in [2.05, 4.69) is 0 Å². The fourth-order valence-corrected chi connectivity index (χ4v) is 2.91. The molecule has 1 aliphatic rings. The van der Waals surface area contributed by atoms with Crippen molar-refractivity contribution in [1.82, 2.24) is 4.90 Å². The van der Waals surface area contributed by atoms with E-state index < -0.39 is 29.7 Å². The molecule has 0 unspecified atom stereocenters. The predicted molar refractivity (Wildman–Crippen MR) is 81.5 cm³/mol. The number of hydrogen-bond donors (Lipinski definition) is 1. The summed E-state index contributed by atoms with van der Waals surface area (Å²) < 4.78 is 37.8. The van der Waals surface area contributed by atoms with Crippen LogP contribution >= 0.6 is 11.6 Å². The number of carboxylic acids is 1. The van der Waals surface area contributed by atoms with Crippen LogP contribution in [0, 0.1) is 5.92 Å². The summed E-state index contributed by atoms with van der Waals surface area (Å²) in [5.41, 5.74) is -0.373. The van der Waals surface area contributed by atoms with Gasteiger partial charge in [-0.3, -0.25) is 4.79 Å². The van der Waals surface area contributed by atoms with Crippen LogP contribution in [0.5, 0.6) is 0 Å². The van der Waals surface area contributed by atoms with Crippen LogP contribution in [-0.4, -0.2) is 33.8 Å². The fraction of sp³-hybridized carbons (Fsp3) is 0.500. The lowest BCUT2D eigenvalue weighted by Gasteiger charge is -2.38. The Hall–Kier alpha value is -1.76. The highest BCUT2D eigenvalue weighted by atomic mass is 35.5. The standard InChI is InChI=1S/C16H17ClF3NO3/c17-8-13(22)21(14(15(23)24)11-2-1-3-11)9-10-4-6-12(7-5-10)16(18,19)20/h4-7,11,14H,1-3,8-9H2,(H,23,24)/t14-/m0/s1. The van der Waals surface area contributed by atoms with Crippen molar-refractivity contribution in [2.45, 2.75) is 38.0 Å². The zero-order valence-electron chi connectivity index (χ0n) is 12.7. The SMILES string of the molecule is O=C(O)[C@H](C1CCC1)N(Cc1ccc(C(F)(F)F)cc1)C(=O)CCl. The number of hydrogen-bond acceptors (Lipinski definition) is 2. The summed E-state index contributed by atoms with van der Waals surface area (Å²) >= 11 is 5.58. The Balaban J connectivity index is 2.22. The Morgan fingerprint density at radius 2 is 1.83 bits per heavy atom. The van der Waals surface area contributed by atoms with E-state index in [1.54, 1.807) is 0 Å². The van der Waals surface area contributed by atoms with Gasteiger partial charge in [-0.1, -0.05) is 18.6 Å². The summed E-state index contributed by atoms with van der Waals surface area (Å²) in [6.07, 6.45) is -2.14. The molecule has 0 bridgehead atoms. The average Bonchev–Trinajstić information content (AvgIpc) is 2.47. The first-order chi connectivity index (χ1) is 11.2. The number of amides is 1. The minimum atomic E-state index is -4.44. The predicted octanol–water partition coefficient (Wildman–Crippen LogP) is 3.53. The van der Waals surface area contributed by atoms with Crippen LogP contribution in [-0.2, 0) is 22.3 Å². The van der Waals surface area contributed by atoms with Crippen molar-refractivity contribution in [2.24, 2.45) is 5.92 Å². The Labute approximate surface area is 142 Å². The van der Waals surface area contributed by atoms with Crippen molar-refractivity contribution in [3.05, 3.63) is 35.4 Å². The van der Waals surface area contributed by atoms with Crippen molar-refractivity contribution < 1.29 is 27.9 Å². The summed E-state index contributed by atoms with van der Waals surface area (Å²) in [5, 5.41) is 9.47. The van der Waals surface area contributed by atoms with Crippen LogP contribution in [0.25, 0.3) is 0 Å². The monoisotopic (exact) mass is 363 g/mol. The third kappa shape index (κ3) is 4.20. The van der Waals surface area contributed by atoms with Gasteiger partial charge in [-0.25, -0.2) is 4.79 Å². The Morgan fingerprint density at radius 3 is 2.21 bits per heavy atom. The summed E-state index contributed by atoms with van der Waals surface area (Å²) in [7, 11) is 0. The second-order valence-corrected chi connectivity index (χ2v) is 6.09. The van der Waals surface area contributed by atoms with Gasteiger partial charge in [-0.2, -0.15) is 13.2 Å². The molecule has 132 valence electrons. The largest absolute Gasteiger partial charge is 0.480 e. The molecule has 1 amide bonds. The molecule has 0 spiro atoms. The second-order valence-electron chi connectivity index (χ2n) is 5.82. The summed E-state index contributed by atoms with van der Waals surface area (Å²) in [6.45, 7) is -0.0862. The first-order valence-corrected chi connectivity index (χ1v) is 8.02. The van der Waals surface area contributed by atoms with Gasteiger partial charge in [0.2, 0.25) is 5.91 Å². The zero-order valence-corrected chi connectivity index (χ0v) is 13.5. The molecule has 1 aliphatic carbocycles. The van der Waals surface area contributed by atoms with E-state index >= 15 is 0 Å². The summed E-state index contributed by atoms with van der Waals surface area (Å²) in [4.78, 5) is 24.8. The van der Waals surface area contributed by atoms with Crippen LogP contribution in [0.2, 0.25) is 0 Å². The third-order valence-electron chi connectivity index (χ3n) is 4.25. The second kappa shape index (κ2) is 7.42. The Kier molecular flexibility index (Phi) is 5.74. The molecule has 0 radical (unpaired) electrons. The minimum absolute atomic E-state index is 0.0862. The van der Waals surface area contributed by atoms with Gasteiger partial charge >= 0.3 is 12.1 Å². The van der Waals surface area contributed by atoms with Crippen LogP contribution in [0.15, 0.2) is 24.3 Å². The van der Waals surface area contributed by atoms with E-state index in [-0.39, 0.29) is 18.3 Å². The van der Waals surface area contributed by atoms with Crippen molar-refractivity contribution in [3.63, 3.8) is 0 Å². The highest BCUT2D eigenvalue weighted by Gasteiger charge is 2.39. The molecule has 1 atom stereocenters. The van der Waals surface area contributed by atoms with Crippen LogP contribution < -0.4 is 0 Å². The summed E-state index contributed by atoms with van der Waals surface area (Å²) in [5.74, 6) is -2.19. The molecule has 0 heterocycles. The lowest BCUT2D eigenvalue weighted by atomic mass is 9.79. The first kappa shape index (κ1) is 18.6. The van der Waals surface area contributed by atoms with Gasteiger partial charge < -0.3 is 10.0 Å². The molecular weight excluding hydrogens is 347 g/mol. The molecule has 24 heavy (non-hydrogen) atoms. The van der Waals surface area contributed by atoms with Crippen molar-refractivity contribution in [2.75, 3.05) is 5.88 Å². The van der Waals surface area contributed by atoms with Crippen LogP contribution in [0.4, 0.5) is 13.2 Å². The van der Waals surface area contributed by atoms with Gasteiger partial charge in [0.05, 0.1) is 5.56 Å². The van der Waals surface area contributed by atoms with Gasteiger partial charge in [0, 0.05) is 6.54 Å². The van der Waals surface area contributed by atoms with E-state index in [0.717, 1.165) is 23.5 Å². The lowest BCUT2D eigenvalue weighted by molar-refractivity contribution is -0.154. The molecule has 0 aromatic heterocycles. The number of carbonyl (C=O) groups is 2. The Bertz CT molecular complexity index is 600. The van der Waals surface area contributed by atoms with Crippen LogP contribution in [0.1, 0.15) is 30.4 Å². The molecule has 8 heteroatoms. The van der Waals surface area contributed by atoms with Crippen LogP contribution in [0.3, 0.4) is 0 Å². The molecule has 1 aromatic rings. The average molecular weight is 364 g/mol. The molecule has 1 N–H and O–H groups in total. The maximum absolute atomic E-state index is 12.6. The molecule has 1 fully saturated rings. The van der Waals surface area contributed by atoms with Crippen molar-refractivity contribution in [1.29, 1.82) is 0 Å². The quantitative estimate of drug-likeness (QED) is 0.787. The van der Waals surface area contributed by atoms with Gasteiger partial charge in [0.1, 0.15) is 11.9 Å². The summed E-state index contributed by atoms with van der Waals surface area (Å²) in [6, 6.07) is 3.32. The first-order valence-electron chi connectivity index (χ1n) is 7.48. The lowest BCUT2D eigenvalue weighted by Crippen LogP contribution is -2.51. The topological polar surface area (TPSA) is 57.6 Å². The molecule has 0 saturated heterocycles. The maximum Gasteiger partial charge on any atom is 0.416 e. The molecule has 4 nitrogen and oxygen atoms in total. The normalized spacial score (nSPS) is 16.3. The number of carboxylic acid groups (broad SMARTS) is 1. The minimum Gasteiger partial charge on any atom is -0.480 e. The van der Waals surface area contributed by atoms with E-state index in [0.29, 0.717) is 18.4 Å². The molecular formula is C16H17ClF3NO3. The highest BCUT2D eigenvalue weighted by Crippen LogP contribution is 2.34. The van der Waals surface area contributed by atoms with E-state index in [1.165, 1.54) is 12.1 Å². The third-order valence-corrected chi connectivity index (χ3v) is 4.48. The van der Waals surface area contributed by atoms with E-state index in [1.807, 2.05) is 0 Å². The molecule has 2 rings (SSSR count). The van der Waals surface area contributed by atoms with E-state index in [4.69, 9.17) is 11.6 Å². The molecule has 0 aliphatic heterocycles. The Morgan fingerprint density at radius 1 is 1.25 bits per heavy atom. The molecule has 1 saturated carbocycles. The number of aliphatic carboxylic acids is 1. The number of alkyl halides is 4. The van der Waals surface area contributed by atoms with Crippen molar-refractivity contribution in [3.8, 4) is 0 Å².